The van der Waals surface area contributed by atoms with Gasteiger partial charge < -0.3 is 25.2 Å². The predicted octanol–water partition coefficient (Wildman–Crippen LogP) is 2.27. The van der Waals surface area contributed by atoms with Gasteiger partial charge in [-0.1, -0.05) is 0 Å². The van der Waals surface area contributed by atoms with Gasteiger partial charge in [0.25, 0.3) is 0 Å². The second-order valence-electron chi connectivity index (χ2n) is 7.75. The summed E-state index contributed by atoms with van der Waals surface area (Å²) in [4.78, 5) is 17.7. The molecule has 0 bridgehead atoms. The first kappa shape index (κ1) is 21.4. The molecule has 1 aliphatic heterocycles. The number of ether oxygens (including phenoxy) is 1. The molecule has 1 amide bonds. The predicted molar refractivity (Wildman–Crippen MR) is 117 cm³/mol. The van der Waals surface area contributed by atoms with Crippen LogP contribution in [0.3, 0.4) is 0 Å². The Morgan fingerprint density at radius 1 is 1.34 bits per heavy atom. The molecule has 0 unspecified atom stereocenters. The third-order valence-corrected chi connectivity index (χ3v) is 5.80. The number of aliphatic hydroxyl groups is 1. The van der Waals surface area contributed by atoms with E-state index in [9.17, 15) is 15.2 Å². The minimum atomic E-state index is -1.13. The first-order valence-corrected chi connectivity index (χ1v) is 10.4. The highest BCUT2D eigenvalue weighted by Gasteiger charge is 2.35. The van der Waals surface area contributed by atoms with Crippen LogP contribution < -0.4 is 15.0 Å². The lowest BCUT2D eigenvalue weighted by Gasteiger charge is -2.40. The summed E-state index contributed by atoms with van der Waals surface area (Å²) in [5.74, 6) is 1.41. The van der Waals surface area contributed by atoms with E-state index in [4.69, 9.17) is 9.84 Å². The monoisotopic (exact) mass is 436 g/mol. The first-order valence-electron chi connectivity index (χ1n) is 10.4. The van der Waals surface area contributed by atoms with Crippen LogP contribution in [0.25, 0.3) is 16.6 Å². The van der Waals surface area contributed by atoms with E-state index in [-0.39, 0.29) is 6.61 Å². The van der Waals surface area contributed by atoms with E-state index >= 15 is 0 Å². The summed E-state index contributed by atoms with van der Waals surface area (Å²) in [5.41, 5.74) is 1.97. The minimum Gasteiger partial charge on any atom is -0.492 e. The Hall–Kier alpha value is -3.84. The van der Waals surface area contributed by atoms with Crippen molar-refractivity contribution in [3.8, 4) is 22.9 Å². The number of amides is 1. The van der Waals surface area contributed by atoms with E-state index in [1.165, 1.54) is 6.20 Å². The van der Waals surface area contributed by atoms with Gasteiger partial charge in [0.2, 0.25) is 0 Å². The standard InChI is InChI=1S/C22H24N6O4/c1-2-32-17-9-18(20-16(10-23)12-25-28(20)13-17)15-3-4-19(24-11-15)27-7-5-22(14-29,6-8-27)26-21(30)31/h3-4,9,11-13,26,29H,2,5-8,14H2,1H3,(H,30,31). The van der Waals surface area contributed by atoms with Crippen molar-refractivity contribution in [2.45, 2.75) is 25.3 Å². The van der Waals surface area contributed by atoms with E-state index < -0.39 is 11.6 Å². The summed E-state index contributed by atoms with van der Waals surface area (Å²) in [6.45, 7) is 3.31. The zero-order chi connectivity index (χ0) is 22.7. The molecule has 0 spiro atoms. The molecule has 10 nitrogen and oxygen atoms in total. The van der Waals surface area contributed by atoms with Gasteiger partial charge >= 0.3 is 6.09 Å². The number of hydrogen-bond acceptors (Lipinski definition) is 7. The van der Waals surface area contributed by atoms with Crippen molar-refractivity contribution in [1.82, 2.24) is 19.9 Å². The van der Waals surface area contributed by atoms with Crippen LogP contribution in [0.5, 0.6) is 5.75 Å². The van der Waals surface area contributed by atoms with E-state index in [0.29, 0.717) is 49.4 Å². The van der Waals surface area contributed by atoms with Crippen LogP contribution in [0.2, 0.25) is 0 Å². The SMILES string of the molecule is CCOc1cc(-c2ccc(N3CCC(CO)(NC(=O)O)CC3)nc2)c2c(C#N)cnn2c1. The molecule has 1 saturated heterocycles. The molecule has 1 aliphatic rings. The maximum Gasteiger partial charge on any atom is 0.405 e. The highest BCUT2D eigenvalue weighted by Crippen LogP contribution is 2.32. The average Bonchev–Trinajstić information content (AvgIpc) is 3.22. The van der Waals surface area contributed by atoms with Gasteiger partial charge in [-0.3, -0.25) is 0 Å². The molecular weight excluding hydrogens is 412 g/mol. The molecule has 4 rings (SSSR count). The normalized spacial score (nSPS) is 15.3. The van der Waals surface area contributed by atoms with E-state index in [1.807, 2.05) is 25.1 Å². The van der Waals surface area contributed by atoms with E-state index in [2.05, 4.69) is 26.4 Å². The van der Waals surface area contributed by atoms with Crippen LogP contribution in [0, 0.1) is 11.3 Å². The van der Waals surface area contributed by atoms with E-state index in [0.717, 1.165) is 16.9 Å². The van der Waals surface area contributed by atoms with Gasteiger partial charge in [-0.25, -0.2) is 14.3 Å². The Kier molecular flexibility index (Phi) is 5.83. The molecule has 3 aromatic rings. The van der Waals surface area contributed by atoms with Crippen molar-refractivity contribution in [3.63, 3.8) is 0 Å². The van der Waals surface area contributed by atoms with Gasteiger partial charge in [0.05, 0.1) is 42.2 Å². The van der Waals surface area contributed by atoms with Gasteiger partial charge in [-0.05, 0) is 38.0 Å². The molecule has 166 valence electrons. The number of aliphatic hydroxyl groups excluding tert-OH is 1. The van der Waals surface area contributed by atoms with Crippen molar-refractivity contribution < 1.29 is 19.7 Å². The number of nitriles is 1. The van der Waals surface area contributed by atoms with Gasteiger partial charge in [-0.2, -0.15) is 10.4 Å². The number of rotatable bonds is 6. The third kappa shape index (κ3) is 4.02. The maximum atomic E-state index is 11.1. The van der Waals surface area contributed by atoms with Gasteiger partial charge in [0, 0.05) is 30.4 Å². The lowest BCUT2D eigenvalue weighted by Crippen LogP contribution is -2.57. The number of hydrogen-bond donors (Lipinski definition) is 3. The number of anilines is 1. The highest BCUT2D eigenvalue weighted by atomic mass is 16.5. The molecule has 3 aromatic heterocycles. The number of carboxylic acid groups (broad SMARTS) is 1. The topological polar surface area (TPSA) is 136 Å². The highest BCUT2D eigenvalue weighted by molar-refractivity contribution is 5.85. The smallest absolute Gasteiger partial charge is 0.405 e. The van der Waals surface area contributed by atoms with E-state index in [1.54, 1.807) is 16.9 Å². The van der Waals surface area contributed by atoms with Gasteiger partial charge in [-0.15, -0.1) is 0 Å². The van der Waals surface area contributed by atoms with Crippen LogP contribution in [-0.2, 0) is 0 Å². The van der Waals surface area contributed by atoms with Crippen molar-refractivity contribution in [2.24, 2.45) is 0 Å². The molecular formula is C22H24N6O4. The molecule has 0 aliphatic carbocycles. The fourth-order valence-corrected chi connectivity index (χ4v) is 4.09. The molecule has 0 atom stereocenters. The largest absolute Gasteiger partial charge is 0.492 e. The molecule has 0 aromatic carbocycles. The molecule has 32 heavy (non-hydrogen) atoms. The third-order valence-electron chi connectivity index (χ3n) is 5.80. The summed E-state index contributed by atoms with van der Waals surface area (Å²) in [6, 6.07) is 7.90. The van der Waals surface area contributed by atoms with Crippen molar-refractivity contribution in [1.29, 1.82) is 5.26 Å². The number of nitrogens with zero attached hydrogens (tertiary/aromatic N) is 5. The van der Waals surface area contributed by atoms with Crippen molar-refractivity contribution in [2.75, 3.05) is 31.2 Å². The fraction of sp³-hybridized carbons (Fsp3) is 0.364. The number of piperidine rings is 1. The molecule has 3 N–H and O–H groups in total. The lowest BCUT2D eigenvalue weighted by atomic mass is 9.88. The first-order chi connectivity index (χ1) is 15.5. The van der Waals surface area contributed by atoms with Crippen LogP contribution >= 0.6 is 0 Å². The van der Waals surface area contributed by atoms with Crippen molar-refractivity contribution in [3.05, 3.63) is 42.4 Å². The van der Waals surface area contributed by atoms with Crippen LogP contribution in [0.4, 0.5) is 10.6 Å². The Balaban J connectivity index is 1.60. The van der Waals surface area contributed by atoms with Gasteiger partial charge in [0.1, 0.15) is 17.6 Å². The number of fused-ring (bicyclic) bond motifs is 1. The Labute approximate surface area is 184 Å². The number of aromatic nitrogens is 3. The van der Waals surface area contributed by atoms with Crippen LogP contribution in [0.15, 0.2) is 36.8 Å². The van der Waals surface area contributed by atoms with Gasteiger partial charge in [0.15, 0.2) is 0 Å². The van der Waals surface area contributed by atoms with Crippen LogP contribution in [0.1, 0.15) is 25.3 Å². The fourth-order valence-electron chi connectivity index (χ4n) is 4.09. The lowest BCUT2D eigenvalue weighted by molar-refractivity contribution is 0.120. The number of nitrogens with one attached hydrogen (secondary N) is 1. The van der Waals surface area contributed by atoms with Crippen LogP contribution in [-0.4, -0.2) is 62.7 Å². The molecule has 10 heteroatoms. The molecule has 1 fully saturated rings. The summed E-state index contributed by atoms with van der Waals surface area (Å²) >= 11 is 0. The summed E-state index contributed by atoms with van der Waals surface area (Å²) in [7, 11) is 0. The molecule has 4 heterocycles. The average molecular weight is 436 g/mol. The Bertz CT molecular complexity index is 1160. The quantitative estimate of drug-likeness (QED) is 0.535. The number of pyridine rings is 2. The summed E-state index contributed by atoms with van der Waals surface area (Å²) in [5, 5.41) is 34.9. The second-order valence-corrected chi connectivity index (χ2v) is 7.75. The summed E-state index contributed by atoms with van der Waals surface area (Å²) in [6.07, 6.45) is 4.86. The zero-order valence-electron chi connectivity index (χ0n) is 17.7. The Morgan fingerprint density at radius 2 is 2.12 bits per heavy atom. The summed E-state index contributed by atoms with van der Waals surface area (Å²) < 4.78 is 7.30. The molecule has 0 radical (unpaired) electrons. The minimum absolute atomic E-state index is 0.238. The van der Waals surface area contributed by atoms with Crippen molar-refractivity contribution >= 4 is 17.4 Å². The number of carbonyl (C=O) groups is 1. The molecule has 0 saturated carbocycles. The Morgan fingerprint density at radius 3 is 2.72 bits per heavy atom. The zero-order valence-corrected chi connectivity index (χ0v) is 17.7. The second kappa shape index (κ2) is 8.72. The maximum absolute atomic E-state index is 11.1.